The van der Waals surface area contributed by atoms with E-state index < -0.39 is 5.69 Å². The van der Waals surface area contributed by atoms with Crippen molar-refractivity contribution in [2.24, 2.45) is 5.92 Å². The van der Waals surface area contributed by atoms with Crippen molar-refractivity contribution in [3.63, 3.8) is 0 Å². The third kappa shape index (κ3) is 2.29. The molecular formula is C17H17ClN4O2. The highest BCUT2D eigenvalue weighted by Gasteiger charge is 2.25. The van der Waals surface area contributed by atoms with Gasteiger partial charge in [0.15, 0.2) is 11.2 Å². The summed E-state index contributed by atoms with van der Waals surface area (Å²) in [6.45, 7) is 2.84. The quantitative estimate of drug-likeness (QED) is 0.730. The van der Waals surface area contributed by atoms with Crippen molar-refractivity contribution < 1.29 is 0 Å². The van der Waals surface area contributed by atoms with Gasteiger partial charge in [-0.3, -0.25) is 9.36 Å². The Bertz CT molecular complexity index is 1040. The Balaban J connectivity index is 2.09. The summed E-state index contributed by atoms with van der Waals surface area (Å²) in [5, 5.41) is 0.443. The van der Waals surface area contributed by atoms with E-state index >= 15 is 0 Å². The molecule has 0 aliphatic heterocycles. The van der Waals surface area contributed by atoms with Crippen molar-refractivity contribution in [2.75, 3.05) is 0 Å². The highest BCUT2D eigenvalue weighted by atomic mass is 35.5. The van der Waals surface area contributed by atoms with Crippen LogP contribution >= 0.6 is 11.6 Å². The van der Waals surface area contributed by atoms with Crippen LogP contribution in [0.3, 0.4) is 0 Å². The molecule has 4 rings (SSSR count). The second-order valence-corrected chi connectivity index (χ2v) is 6.54. The van der Waals surface area contributed by atoms with Crippen LogP contribution in [0.2, 0.25) is 5.02 Å². The normalized spacial score (nSPS) is 14.4. The fraction of sp³-hybridized carbons (Fsp3) is 0.353. The van der Waals surface area contributed by atoms with Gasteiger partial charge in [-0.15, -0.1) is 0 Å². The predicted octanol–water partition coefficient (Wildman–Crippen LogP) is 2.43. The number of hydrogen-bond acceptors (Lipinski definition) is 3. The van der Waals surface area contributed by atoms with Gasteiger partial charge in [-0.2, -0.15) is 0 Å². The smallest absolute Gasteiger partial charge is 0.324 e. The summed E-state index contributed by atoms with van der Waals surface area (Å²) >= 11 is 6.29. The molecule has 6 nitrogen and oxygen atoms in total. The number of imidazole rings is 1. The molecular weight excluding hydrogens is 328 g/mol. The molecule has 0 atom stereocenters. The number of halogens is 1. The molecule has 0 N–H and O–H groups in total. The lowest BCUT2D eigenvalue weighted by molar-refractivity contribution is 0.625. The lowest BCUT2D eigenvalue weighted by Crippen LogP contribution is -2.39. The van der Waals surface area contributed by atoms with E-state index in [-0.39, 0.29) is 5.56 Å². The first-order valence-electron chi connectivity index (χ1n) is 8.07. The van der Waals surface area contributed by atoms with Gasteiger partial charge < -0.3 is 4.57 Å². The van der Waals surface area contributed by atoms with Gasteiger partial charge >= 0.3 is 5.69 Å². The highest BCUT2D eigenvalue weighted by Crippen LogP contribution is 2.31. The molecule has 2 aromatic heterocycles. The van der Waals surface area contributed by atoms with E-state index in [1.54, 1.807) is 31.5 Å². The molecule has 2 heterocycles. The Hall–Kier alpha value is -2.34. The van der Waals surface area contributed by atoms with Crippen molar-refractivity contribution in [1.82, 2.24) is 18.7 Å². The first-order valence-corrected chi connectivity index (χ1v) is 8.45. The summed E-state index contributed by atoms with van der Waals surface area (Å²) in [7, 11) is 0. The van der Waals surface area contributed by atoms with Crippen molar-refractivity contribution in [3.8, 4) is 5.69 Å². The molecule has 0 bridgehead atoms. The second-order valence-electron chi connectivity index (χ2n) is 6.13. The summed E-state index contributed by atoms with van der Waals surface area (Å²) in [5.74, 6) is 0.595. The fourth-order valence-corrected chi connectivity index (χ4v) is 3.25. The van der Waals surface area contributed by atoms with Gasteiger partial charge in [-0.25, -0.2) is 14.3 Å². The van der Waals surface area contributed by atoms with Crippen molar-refractivity contribution in [3.05, 3.63) is 56.5 Å². The minimum absolute atomic E-state index is 0.293. The zero-order valence-electron chi connectivity index (χ0n) is 13.3. The van der Waals surface area contributed by atoms with Crippen LogP contribution < -0.4 is 11.2 Å². The van der Waals surface area contributed by atoms with Gasteiger partial charge in [0, 0.05) is 13.1 Å². The second kappa shape index (κ2) is 5.63. The number of nitrogens with zero attached hydrogens (tertiary/aromatic N) is 4. The maximum absolute atomic E-state index is 12.8. The molecule has 1 aliphatic carbocycles. The average molecular weight is 345 g/mol. The Labute approximate surface area is 142 Å². The summed E-state index contributed by atoms with van der Waals surface area (Å²) in [6, 6.07) is 7.09. The molecule has 1 fully saturated rings. The van der Waals surface area contributed by atoms with E-state index in [1.165, 1.54) is 22.0 Å². The molecule has 0 unspecified atom stereocenters. The number of para-hydroxylation sites is 1. The standard InChI is InChI=1S/C17H17ClN4O2/c1-2-21-16(23)14-15(19-10-20(14)9-11-7-8-11)22(17(21)24)13-6-4-3-5-12(13)18/h3-6,10-11H,2,7-9H2,1H3. The molecule has 7 heteroatoms. The fourth-order valence-electron chi connectivity index (χ4n) is 3.03. The van der Waals surface area contributed by atoms with Gasteiger partial charge in [0.1, 0.15) is 0 Å². The lowest BCUT2D eigenvalue weighted by atomic mass is 10.3. The monoisotopic (exact) mass is 344 g/mol. The van der Waals surface area contributed by atoms with Crippen LogP contribution in [0, 0.1) is 5.92 Å². The molecule has 0 spiro atoms. The van der Waals surface area contributed by atoms with Crippen LogP contribution in [0.1, 0.15) is 19.8 Å². The van der Waals surface area contributed by atoms with Crippen molar-refractivity contribution in [2.45, 2.75) is 32.9 Å². The van der Waals surface area contributed by atoms with Crippen LogP contribution in [0.25, 0.3) is 16.9 Å². The third-order valence-corrected chi connectivity index (χ3v) is 4.78. The van der Waals surface area contributed by atoms with Gasteiger partial charge in [0.25, 0.3) is 5.56 Å². The van der Waals surface area contributed by atoms with E-state index in [2.05, 4.69) is 4.98 Å². The summed E-state index contributed by atoms with van der Waals surface area (Å²) in [4.78, 5) is 30.0. The number of aromatic nitrogens is 4. The highest BCUT2D eigenvalue weighted by molar-refractivity contribution is 6.32. The van der Waals surface area contributed by atoms with Crippen LogP contribution in [0.5, 0.6) is 0 Å². The zero-order valence-corrected chi connectivity index (χ0v) is 14.0. The first-order chi connectivity index (χ1) is 11.6. The zero-order chi connectivity index (χ0) is 16.8. The molecule has 1 aliphatic rings. The van der Waals surface area contributed by atoms with E-state index in [0.29, 0.717) is 34.3 Å². The van der Waals surface area contributed by atoms with E-state index in [4.69, 9.17) is 11.6 Å². The maximum atomic E-state index is 12.8. The molecule has 0 radical (unpaired) electrons. The Morgan fingerprint density at radius 3 is 2.67 bits per heavy atom. The topological polar surface area (TPSA) is 61.8 Å². The molecule has 0 amide bonds. The molecule has 1 aromatic carbocycles. The molecule has 24 heavy (non-hydrogen) atoms. The Kier molecular flexibility index (Phi) is 3.57. The Morgan fingerprint density at radius 1 is 1.25 bits per heavy atom. The van der Waals surface area contributed by atoms with Crippen molar-refractivity contribution >= 4 is 22.8 Å². The molecule has 1 saturated carbocycles. The minimum atomic E-state index is -0.417. The van der Waals surface area contributed by atoms with E-state index in [0.717, 1.165) is 6.54 Å². The summed E-state index contributed by atoms with van der Waals surface area (Å²) in [5.41, 5.74) is 0.651. The van der Waals surface area contributed by atoms with E-state index in [9.17, 15) is 9.59 Å². The maximum Gasteiger partial charge on any atom is 0.337 e. The number of hydrogen-bond donors (Lipinski definition) is 0. The van der Waals surface area contributed by atoms with Crippen LogP contribution in [-0.4, -0.2) is 18.7 Å². The van der Waals surface area contributed by atoms with Crippen molar-refractivity contribution in [1.29, 1.82) is 0 Å². The predicted molar refractivity (Wildman–Crippen MR) is 93.0 cm³/mol. The lowest BCUT2D eigenvalue weighted by Gasteiger charge is -2.12. The van der Waals surface area contributed by atoms with Gasteiger partial charge in [0.2, 0.25) is 0 Å². The number of benzene rings is 1. The first kappa shape index (κ1) is 15.2. The SMILES string of the molecule is CCn1c(=O)c2c(ncn2CC2CC2)n(-c2ccccc2Cl)c1=O. The molecule has 3 aromatic rings. The van der Waals surface area contributed by atoms with Gasteiger partial charge in [-0.05, 0) is 37.8 Å². The van der Waals surface area contributed by atoms with Crippen LogP contribution in [0.4, 0.5) is 0 Å². The third-order valence-electron chi connectivity index (χ3n) is 4.46. The molecule has 124 valence electrons. The average Bonchev–Trinajstić information content (AvgIpc) is 3.28. The van der Waals surface area contributed by atoms with Crippen LogP contribution in [0.15, 0.2) is 40.2 Å². The molecule has 0 saturated heterocycles. The summed E-state index contributed by atoms with van der Waals surface area (Å²) < 4.78 is 4.54. The largest absolute Gasteiger partial charge is 0.337 e. The minimum Gasteiger partial charge on any atom is -0.324 e. The summed E-state index contributed by atoms with van der Waals surface area (Å²) in [6.07, 6.45) is 3.99. The number of rotatable bonds is 4. The Morgan fingerprint density at radius 2 is 2.00 bits per heavy atom. The van der Waals surface area contributed by atoms with Gasteiger partial charge in [-0.1, -0.05) is 23.7 Å². The van der Waals surface area contributed by atoms with Gasteiger partial charge in [0.05, 0.1) is 17.0 Å². The number of fused-ring (bicyclic) bond motifs is 1. The van der Waals surface area contributed by atoms with Crippen LogP contribution in [-0.2, 0) is 13.1 Å². The van der Waals surface area contributed by atoms with E-state index in [1.807, 2.05) is 10.6 Å².